The number of halogens is 1. The monoisotopic (exact) mass is 265 g/mol. The van der Waals surface area contributed by atoms with Crippen LogP contribution in [0.1, 0.15) is 17.4 Å². The third-order valence-corrected chi connectivity index (χ3v) is 2.53. The summed E-state index contributed by atoms with van der Waals surface area (Å²) < 4.78 is 6.06. The Morgan fingerprint density at radius 1 is 1.33 bits per heavy atom. The first-order valence-corrected chi connectivity index (χ1v) is 5.20. The van der Waals surface area contributed by atoms with Gasteiger partial charge < -0.3 is 4.52 Å². The van der Waals surface area contributed by atoms with Crippen LogP contribution in [0, 0.1) is 0 Å². The minimum Gasteiger partial charge on any atom is -0.356 e. The van der Waals surface area contributed by atoms with E-state index in [1.807, 2.05) is 24.3 Å². The van der Waals surface area contributed by atoms with Crippen LogP contribution in [0.2, 0.25) is 0 Å². The molecule has 1 aromatic carbocycles. The Morgan fingerprint density at radius 3 is 2.53 bits per heavy atom. The molecule has 0 unspecified atom stereocenters. The Morgan fingerprint density at radius 2 is 2.00 bits per heavy atom. The highest BCUT2D eigenvalue weighted by Crippen LogP contribution is 2.22. The molecule has 1 heterocycles. The number of hydrogen-bond acceptors (Lipinski definition) is 3. The summed E-state index contributed by atoms with van der Waals surface area (Å²) in [4.78, 5) is 11.0. The zero-order chi connectivity index (χ0) is 10.8. The Hall–Kier alpha value is -1.42. The van der Waals surface area contributed by atoms with Crippen molar-refractivity contribution in [2.75, 3.05) is 0 Å². The van der Waals surface area contributed by atoms with Crippen molar-refractivity contribution in [2.24, 2.45) is 0 Å². The van der Waals surface area contributed by atoms with Crippen LogP contribution in [0.5, 0.6) is 0 Å². The van der Waals surface area contributed by atoms with Crippen LogP contribution in [0.25, 0.3) is 11.3 Å². The van der Waals surface area contributed by atoms with Crippen LogP contribution in [0.3, 0.4) is 0 Å². The summed E-state index contributed by atoms with van der Waals surface area (Å²) in [5.41, 5.74) is 1.26. The molecule has 0 bridgehead atoms. The minimum absolute atomic E-state index is 0.0953. The second-order valence-corrected chi connectivity index (χ2v) is 4.06. The van der Waals surface area contributed by atoms with Gasteiger partial charge in [-0.1, -0.05) is 33.2 Å². The number of ketones is 1. The molecule has 0 atom stereocenters. The Kier molecular flexibility index (Phi) is 2.68. The van der Waals surface area contributed by atoms with E-state index in [0.29, 0.717) is 11.5 Å². The first-order valence-electron chi connectivity index (χ1n) is 4.40. The maximum atomic E-state index is 11.0. The first kappa shape index (κ1) is 10.1. The number of hydrogen-bond donors (Lipinski definition) is 0. The molecule has 0 N–H and O–H groups in total. The second kappa shape index (κ2) is 3.98. The van der Waals surface area contributed by atoms with Gasteiger partial charge in [-0.25, -0.2) is 0 Å². The topological polar surface area (TPSA) is 43.1 Å². The van der Waals surface area contributed by atoms with Crippen molar-refractivity contribution in [1.82, 2.24) is 5.16 Å². The summed E-state index contributed by atoms with van der Waals surface area (Å²) in [6, 6.07) is 9.26. The smallest absolute Gasteiger partial charge is 0.181 e. The lowest BCUT2D eigenvalue weighted by Crippen LogP contribution is -1.89. The number of carbonyl (C=O) groups is 1. The molecule has 3 nitrogen and oxygen atoms in total. The molecule has 0 saturated heterocycles. The van der Waals surface area contributed by atoms with Gasteiger partial charge >= 0.3 is 0 Å². The average molecular weight is 266 g/mol. The minimum atomic E-state index is -0.0953. The average Bonchev–Trinajstić information content (AvgIpc) is 2.68. The van der Waals surface area contributed by atoms with Crippen molar-refractivity contribution in [1.29, 1.82) is 0 Å². The fourth-order valence-electron chi connectivity index (χ4n) is 1.19. The number of rotatable bonds is 2. The normalized spacial score (nSPS) is 10.3. The fourth-order valence-corrected chi connectivity index (χ4v) is 1.46. The zero-order valence-electron chi connectivity index (χ0n) is 8.03. The quantitative estimate of drug-likeness (QED) is 0.783. The molecule has 0 spiro atoms. The van der Waals surface area contributed by atoms with Crippen molar-refractivity contribution in [3.63, 3.8) is 0 Å². The molecular formula is C11H8BrNO2. The van der Waals surface area contributed by atoms with E-state index in [9.17, 15) is 4.79 Å². The van der Waals surface area contributed by atoms with Crippen LogP contribution in [-0.2, 0) is 0 Å². The van der Waals surface area contributed by atoms with Gasteiger partial charge in [0.15, 0.2) is 11.5 Å². The van der Waals surface area contributed by atoms with Crippen molar-refractivity contribution < 1.29 is 9.32 Å². The highest BCUT2D eigenvalue weighted by Gasteiger charge is 2.09. The molecule has 0 amide bonds. The van der Waals surface area contributed by atoms with E-state index in [-0.39, 0.29) is 5.78 Å². The van der Waals surface area contributed by atoms with Crippen molar-refractivity contribution in [3.05, 3.63) is 40.5 Å². The molecule has 0 saturated carbocycles. The number of nitrogens with zero attached hydrogens (tertiary/aromatic N) is 1. The molecule has 0 radical (unpaired) electrons. The van der Waals surface area contributed by atoms with E-state index in [1.165, 1.54) is 6.92 Å². The van der Waals surface area contributed by atoms with Crippen LogP contribution in [0.4, 0.5) is 0 Å². The maximum Gasteiger partial charge on any atom is 0.181 e. The maximum absolute atomic E-state index is 11.0. The standard InChI is InChI=1S/C11H8BrNO2/c1-7(14)10-6-11(15-13-10)8-2-4-9(12)5-3-8/h2-6H,1H3. The number of carbonyl (C=O) groups excluding carboxylic acids is 1. The molecule has 0 aliphatic carbocycles. The molecule has 15 heavy (non-hydrogen) atoms. The van der Waals surface area contributed by atoms with E-state index in [2.05, 4.69) is 21.1 Å². The van der Waals surface area contributed by atoms with Gasteiger partial charge in [0.2, 0.25) is 0 Å². The van der Waals surface area contributed by atoms with Gasteiger partial charge in [-0.15, -0.1) is 0 Å². The van der Waals surface area contributed by atoms with E-state index < -0.39 is 0 Å². The first-order chi connectivity index (χ1) is 7.16. The van der Waals surface area contributed by atoms with Gasteiger partial charge in [0.25, 0.3) is 0 Å². The lowest BCUT2D eigenvalue weighted by Gasteiger charge is -1.94. The van der Waals surface area contributed by atoms with Crippen LogP contribution in [-0.4, -0.2) is 10.9 Å². The van der Waals surface area contributed by atoms with Crippen LogP contribution >= 0.6 is 15.9 Å². The highest BCUT2D eigenvalue weighted by atomic mass is 79.9. The second-order valence-electron chi connectivity index (χ2n) is 3.14. The molecule has 2 aromatic rings. The van der Waals surface area contributed by atoms with Crippen LogP contribution in [0.15, 0.2) is 39.3 Å². The zero-order valence-corrected chi connectivity index (χ0v) is 9.61. The SMILES string of the molecule is CC(=O)c1cc(-c2ccc(Br)cc2)on1. The number of benzene rings is 1. The summed E-state index contributed by atoms with van der Waals surface area (Å²) in [6.45, 7) is 1.46. The summed E-state index contributed by atoms with van der Waals surface area (Å²) in [7, 11) is 0. The Bertz CT molecular complexity index is 488. The third-order valence-electron chi connectivity index (χ3n) is 2.00. The van der Waals surface area contributed by atoms with Crippen LogP contribution < -0.4 is 0 Å². The van der Waals surface area contributed by atoms with E-state index in [0.717, 1.165) is 10.0 Å². The summed E-state index contributed by atoms with van der Waals surface area (Å²) in [6.07, 6.45) is 0. The van der Waals surface area contributed by atoms with E-state index in [4.69, 9.17) is 4.52 Å². The number of Topliss-reactive ketones (excluding diaryl/α,β-unsaturated/α-hetero) is 1. The van der Waals surface area contributed by atoms with Gasteiger partial charge in [0, 0.05) is 23.0 Å². The molecular weight excluding hydrogens is 258 g/mol. The van der Waals surface area contributed by atoms with Crippen molar-refractivity contribution in [2.45, 2.75) is 6.92 Å². The van der Waals surface area contributed by atoms with Gasteiger partial charge in [-0.05, 0) is 12.1 Å². The molecule has 0 aliphatic heterocycles. The molecule has 4 heteroatoms. The van der Waals surface area contributed by atoms with Crippen molar-refractivity contribution >= 4 is 21.7 Å². The Labute approximate surface area is 95.2 Å². The largest absolute Gasteiger partial charge is 0.356 e. The third kappa shape index (κ3) is 2.15. The molecule has 1 aromatic heterocycles. The predicted octanol–water partition coefficient (Wildman–Crippen LogP) is 3.31. The van der Waals surface area contributed by atoms with Gasteiger partial charge in [0.1, 0.15) is 5.69 Å². The van der Waals surface area contributed by atoms with Gasteiger partial charge in [-0.3, -0.25) is 4.79 Å². The van der Waals surface area contributed by atoms with Gasteiger partial charge in [-0.2, -0.15) is 0 Å². The summed E-state index contributed by atoms with van der Waals surface area (Å²) in [5, 5.41) is 3.68. The van der Waals surface area contributed by atoms with E-state index in [1.54, 1.807) is 6.07 Å². The lowest BCUT2D eigenvalue weighted by molar-refractivity contribution is 0.100. The Balaban J connectivity index is 2.37. The summed E-state index contributed by atoms with van der Waals surface area (Å²) in [5.74, 6) is 0.509. The molecule has 0 fully saturated rings. The molecule has 76 valence electrons. The highest BCUT2D eigenvalue weighted by molar-refractivity contribution is 9.10. The van der Waals surface area contributed by atoms with Gasteiger partial charge in [0.05, 0.1) is 0 Å². The summed E-state index contributed by atoms with van der Waals surface area (Å²) >= 11 is 3.35. The molecule has 0 aliphatic rings. The fraction of sp³-hybridized carbons (Fsp3) is 0.0909. The van der Waals surface area contributed by atoms with Crippen molar-refractivity contribution in [3.8, 4) is 11.3 Å². The lowest BCUT2D eigenvalue weighted by atomic mass is 10.1. The van der Waals surface area contributed by atoms with E-state index >= 15 is 0 Å². The number of aromatic nitrogens is 1. The predicted molar refractivity (Wildman–Crippen MR) is 59.6 cm³/mol. The molecule has 2 rings (SSSR count).